The summed E-state index contributed by atoms with van der Waals surface area (Å²) in [7, 11) is 1.25. The van der Waals surface area contributed by atoms with Crippen LogP contribution in [0.2, 0.25) is 10.0 Å². The molecule has 3 N–H and O–H groups in total. The largest absolute Gasteiger partial charge is 2.00 e. The molecule has 0 spiro atoms. The summed E-state index contributed by atoms with van der Waals surface area (Å²) in [5, 5.41) is 16.6. The molecule has 1 atom stereocenters. The van der Waals surface area contributed by atoms with Gasteiger partial charge in [0.15, 0.2) is 5.56 Å². The van der Waals surface area contributed by atoms with Crippen molar-refractivity contribution in [2.45, 2.75) is 19.0 Å². The summed E-state index contributed by atoms with van der Waals surface area (Å²) in [5.41, 5.74) is 7.18. The van der Waals surface area contributed by atoms with E-state index in [4.69, 9.17) is 33.7 Å². The molecule has 1 radical (unpaired) electrons. The molecule has 0 bridgehead atoms. The second kappa shape index (κ2) is 16.5. The molecule has 1 aromatic heterocycles. The normalized spacial score (nSPS) is 13.8. The van der Waals surface area contributed by atoms with Gasteiger partial charge in [0.05, 0.1) is 28.8 Å². The number of hydrogen-bond acceptors (Lipinski definition) is 6. The molecule has 3 aromatic rings. The number of carbonyl (C=O) groups excluding carboxylic acids is 1. The van der Waals surface area contributed by atoms with E-state index in [0.717, 1.165) is 13.1 Å². The first-order valence-corrected chi connectivity index (χ1v) is 12.9. The van der Waals surface area contributed by atoms with Gasteiger partial charge >= 0.3 is 22.7 Å². The number of benzene rings is 2. The smallest absolute Gasteiger partial charge is 0.680 e. The first-order chi connectivity index (χ1) is 18.8. The Kier molecular flexibility index (Phi) is 13.8. The van der Waals surface area contributed by atoms with E-state index in [1.807, 2.05) is 0 Å². The number of halogens is 2. The van der Waals surface area contributed by atoms with E-state index in [0.29, 0.717) is 43.0 Å². The second-order valence-electron chi connectivity index (χ2n) is 8.51. The number of amides is 1. The van der Waals surface area contributed by atoms with Crippen LogP contribution in [-0.4, -0.2) is 77.6 Å². The quantitative estimate of drug-likeness (QED) is 0.345. The third kappa shape index (κ3) is 8.87. The van der Waals surface area contributed by atoms with Gasteiger partial charge in [0.25, 0.3) is 5.91 Å². The molecule has 10 nitrogen and oxygen atoms in total. The van der Waals surface area contributed by atoms with Crippen molar-refractivity contribution in [3.05, 3.63) is 92.0 Å². The molecule has 13 heteroatoms. The number of ether oxygens (including phenoxy) is 1. The fraction of sp³-hybridized carbons (Fsp3) is 0.333. The van der Waals surface area contributed by atoms with Crippen LogP contribution in [-0.2, 0) is 39.3 Å². The van der Waals surface area contributed by atoms with E-state index < -0.39 is 17.9 Å². The van der Waals surface area contributed by atoms with Crippen molar-refractivity contribution < 1.29 is 36.2 Å². The number of morpholine rings is 1. The molecule has 215 valence electrons. The molecular weight excluding hydrogens is 604 g/mol. The summed E-state index contributed by atoms with van der Waals surface area (Å²) in [6.07, 6.45) is 1.49. The predicted molar refractivity (Wildman–Crippen MR) is 149 cm³/mol. The Bertz CT molecular complexity index is 1310. The van der Waals surface area contributed by atoms with Crippen molar-refractivity contribution in [3.63, 3.8) is 0 Å². The van der Waals surface area contributed by atoms with Crippen LogP contribution in [0.25, 0.3) is 16.9 Å². The monoisotopic (exact) mass is 632 g/mol. The van der Waals surface area contributed by atoms with E-state index in [9.17, 15) is 19.5 Å². The Balaban J connectivity index is 0.00000183. The Labute approximate surface area is 252 Å². The summed E-state index contributed by atoms with van der Waals surface area (Å²) in [6.45, 7) is 4.16. The number of carboxylic acids is 1. The molecule has 1 unspecified atom stereocenters. The summed E-state index contributed by atoms with van der Waals surface area (Å²) < 4.78 is 6.77. The summed E-state index contributed by atoms with van der Waals surface area (Å²) in [5.74, 6) is -1.88. The third-order valence-corrected chi connectivity index (χ3v) is 6.69. The van der Waals surface area contributed by atoms with Gasteiger partial charge in [-0.15, -0.1) is 29.3 Å². The van der Waals surface area contributed by atoms with Crippen LogP contribution in [0.5, 0.6) is 0 Å². The van der Waals surface area contributed by atoms with Gasteiger partial charge in [-0.1, -0.05) is 41.4 Å². The van der Waals surface area contributed by atoms with E-state index in [-0.39, 0.29) is 44.4 Å². The van der Waals surface area contributed by atoms with Gasteiger partial charge in [0.1, 0.15) is 6.04 Å². The first kappa shape index (κ1) is 33.4. The molecule has 1 saturated heterocycles. The Morgan fingerprint density at radius 3 is 2.33 bits per heavy atom. The van der Waals surface area contributed by atoms with Gasteiger partial charge in [-0.2, -0.15) is 7.05 Å². The number of aromatic nitrogens is 2. The number of nitrogens with zero attached hydrogens (tertiary/aromatic N) is 3. The molecule has 4 rings (SSSR count). The average molecular weight is 633 g/mol. The summed E-state index contributed by atoms with van der Waals surface area (Å²) in [6, 6.07) is 13.2. The van der Waals surface area contributed by atoms with Crippen LogP contribution in [0.15, 0.2) is 53.5 Å². The SMILES string of the molecule is C[NH-].O=C(NC(Cc1ccc(-c2[c-]cnn(CCN3CCOCC3)c2=O)cc1)C(=O)O)c1c(Cl)cccc1Cl.[Co+2]. The molecule has 2 heterocycles. The summed E-state index contributed by atoms with van der Waals surface area (Å²) >= 11 is 12.1. The van der Waals surface area contributed by atoms with E-state index in [2.05, 4.69) is 21.4 Å². The zero-order valence-corrected chi connectivity index (χ0v) is 24.2. The molecule has 1 aliphatic rings. The maximum atomic E-state index is 13.0. The van der Waals surface area contributed by atoms with Crippen LogP contribution >= 0.6 is 23.2 Å². The second-order valence-corrected chi connectivity index (χ2v) is 9.32. The number of carbonyl (C=O) groups is 2. The average Bonchev–Trinajstić information content (AvgIpc) is 2.94. The van der Waals surface area contributed by atoms with Gasteiger partial charge < -0.3 is 25.7 Å². The Hall–Kier alpha value is -2.77. The molecular formula is C27H29Cl2CoN5O5. The van der Waals surface area contributed by atoms with Crippen molar-refractivity contribution in [3.8, 4) is 11.1 Å². The van der Waals surface area contributed by atoms with Crippen LogP contribution in [0.1, 0.15) is 15.9 Å². The van der Waals surface area contributed by atoms with Gasteiger partial charge in [0.2, 0.25) is 0 Å². The van der Waals surface area contributed by atoms with Crippen LogP contribution in [0.4, 0.5) is 0 Å². The molecule has 0 aliphatic carbocycles. The molecule has 1 fully saturated rings. The van der Waals surface area contributed by atoms with Gasteiger partial charge in [-0.25, -0.2) is 9.89 Å². The zero-order chi connectivity index (χ0) is 28.4. The predicted octanol–water partition coefficient (Wildman–Crippen LogP) is 3.44. The number of hydrogen-bond donors (Lipinski definition) is 2. The summed E-state index contributed by atoms with van der Waals surface area (Å²) in [4.78, 5) is 39.7. The minimum absolute atomic E-state index is 0. The van der Waals surface area contributed by atoms with Crippen molar-refractivity contribution >= 4 is 35.1 Å². The Morgan fingerprint density at radius 1 is 1.10 bits per heavy atom. The van der Waals surface area contributed by atoms with Crippen LogP contribution < -0.4 is 10.9 Å². The van der Waals surface area contributed by atoms with Crippen LogP contribution in [0.3, 0.4) is 0 Å². The number of nitrogens with one attached hydrogen (secondary N) is 2. The molecule has 0 saturated carbocycles. The minimum atomic E-state index is -1.21. The van der Waals surface area contributed by atoms with Crippen LogP contribution in [0, 0.1) is 6.07 Å². The maximum Gasteiger partial charge on any atom is 2.00 e. The third-order valence-electron chi connectivity index (χ3n) is 6.06. The van der Waals surface area contributed by atoms with Crippen molar-refractivity contribution in [1.29, 1.82) is 0 Å². The van der Waals surface area contributed by atoms with E-state index in [1.165, 1.54) is 30.1 Å². The minimum Gasteiger partial charge on any atom is -0.680 e. The fourth-order valence-corrected chi connectivity index (χ4v) is 4.59. The molecule has 1 aliphatic heterocycles. The molecule has 1 amide bonds. The van der Waals surface area contributed by atoms with Gasteiger partial charge in [-0.3, -0.25) is 14.4 Å². The van der Waals surface area contributed by atoms with Gasteiger partial charge in [-0.05, 0) is 23.9 Å². The first-order valence-electron chi connectivity index (χ1n) is 12.2. The van der Waals surface area contributed by atoms with Crippen molar-refractivity contribution in [2.75, 3.05) is 39.9 Å². The van der Waals surface area contributed by atoms with Crippen molar-refractivity contribution in [1.82, 2.24) is 20.0 Å². The van der Waals surface area contributed by atoms with Crippen molar-refractivity contribution in [2.24, 2.45) is 0 Å². The number of aliphatic carboxylic acids is 1. The standard InChI is InChI=1S/C26H25Cl2N4O5.CH4N.Co/c27-20-2-1-3-21(28)23(20)24(33)30-22(26(35)36)16-17-4-6-18(7-5-17)19-8-9-29-32(25(19)34)11-10-31-12-14-37-15-13-31;1-2;/h1-7,9,22H,10-16H2,(H,30,33)(H,35,36);2H,1H3;/q2*-1;+2. The molecule has 2 aromatic carbocycles. The van der Waals surface area contributed by atoms with Gasteiger partial charge in [0, 0.05) is 32.6 Å². The van der Waals surface area contributed by atoms with E-state index in [1.54, 1.807) is 30.3 Å². The number of carboxylic acid groups (broad SMARTS) is 1. The maximum absolute atomic E-state index is 13.0. The topological polar surface area (TPSA) is 138 Å². The van der Waals surface area contributed by atoms with E-state index >= 15 is 0 Å². The zero-order valence-electron chi connectivity index (χ0n) is 21.7. The number of rotatable bonds is 9. The molecule has 40 heavy (non-hydrogen) atoms. The fourth-order valence-electron chi connectivity index (χ4n) is 4.02. The Morgan fingerprint density at radius 2 is 1.73 bits per heavy atom.